The van der Waals surface area contributed by atoms with Gasteiger partial charge in [0, 0.05) is 25.1 Å². The Bertz CT molecular complexity index is 1290. The Labute approximate surface area is 178 Å². The molecule has 0 unspecified atom stereocenters. The number of hydrogen-bond donors (Lipinski definition) is 1. The van der Waals surface area contributed by atoms with Gasteiger partial charge in [-0.3, -0.25) is 14.2 Å². The van der Waals surface area contributed by atoms with Crippen LogP contribution in [0.15, 0.2) is 59.4 Å². The summed E-state index contributed by atoms with van der Waals surface area (Å²) in [6.45, 7) is 4.19. The van der Waals surface area contributed by atoms with Gasteiger partial charge in [0.15, 0.2) is 5.65 Å². The Morgan fingerprint density at radius 1 is 1.10 bits per heavy atom. The maximum Gasteiger partial charge on any atom is 0.273 e. The number of carbonyl (C=O) groups is 1. The zero-order chi connectivity index (χ0) is 22.0. The van der Waals surface area contributed by atoms with Crippen LogP contribution < -0.4 is 10.9 Å². The molecule has 7 nitrogen and oxygen atoms in total. The van der Waals surface area contributed by atoms with Crippen molar-refractivity contribution in [2.24, 2.45) is 0 Å². The quantitative estimate of drug-likeness (QED) is 0.518. The first-order valence-corrected chi connectivity index (χ1v) is 10.1. The molecule has 0 aliphatic rings. The van der Waals surface area contributed by atoms with Gasteiger partial charge in [0.25, 0.3) is 5.56 Å². The predicted octanol–water partition coefficient (Wildman–Crippen LogP) is 3.62. The molecule has 158 valence electrons. The summed E-state index contributed by atoms with van der Waals surface area (Å²) in [6.07, 6.45) is 0.276. The molecule has 0 aliphatic carbocycles. The van der Waals surface area contributed by atoms with E-state index in [2.05, 4.69) is 15.4 Å². The topological polar surface area (TPSA) is 81.8 Å². The van der Waals surface area contributed by atoms with Crippen LogP contribution in [0.1, 0.15) is 24.7 Å². The lowest BCUT2D eigenvalue weighted by molar-refractivity contribution is -0.116. The smallest absolute Gasteiger partial charge is 0.273 e. The zero-order valence-corrected chi connectivity index (χ0v) is 17.3. The summed E-state index contributed by atoms with van der Waals surface area (Å²) in [5.41, 5.74) is 3.41. The highest BCUT2D eigenvalue weighted by Gasteiger charge is 2.19. The Hall–Kier alpha value is -3.81. The molecule has 8 heteroatoms. The SMILES string of the molecule is CCn1c(=O)c(CCC(=O)Nc2ccc(F)cc2)nc2c(C)nn(-c3ccccc3)c21. The fourth-order valence-electron chi connectivity index (χ4n) is 3.51. The summed E-state index contributed by atoms with van der Waals surface area (Å²) in [4.78, 5) is 30.0. The third kappa shape index (κ3) is 4.09. The molecule has 0 aliphatic heterocycles. The molecule has 0 bridgehead atoms. The van der Waals surface area contributed by atoms with Gasteiger partial charge in [-0.15, -0.1) is 0 Å². The number of rotatable bonds is 6. The van der Waals surface area contributed by atoms with Crippen molar-refractivity contribution >= 4 is 22.8 Å². The predicted molar refractivity (Wildman–Crippen MR) is 117 cm³/mol. The summed E-state index contributed by atoms with van der Waals surface area (Å²) < 4.78 is 16.4. The zero-order valence-electron chi connectivity index (χ0n) is 17.3. The Morgan fingerprint density at radius 3 is 2.48 bits per heavy atom. The second kappa shape index (κ2) is 8.51. The van der Waals surface area contributed by atoms with Gasteiger partial charge in [-0.1, -0.05) is 18.2 Å². The standard InChI is InChI=1S/C23H22FN5O2/c1-3-28-22-21(15(2)27-29(22)18-7-5-4-6-8-18)26-19(23(28)31)13-14-20(30)25-17-11-9-16(24)10-12-17/h4-12H,3,13-14H2,1-2H3,(H,25,30). The monoisotopic (exact) mass is 419 g/mol. The summed E-state index contributed by atoms with van der Waals surface area (Å²) in [6, 6.07) is 15.1. The van der Waals surface area contributed by atoms with Crippen LogP contribution in [0, 0.1) is 12.7 Å². The third-order valence-corrected chi connectivity index (χ3v) is 5.03. The maximum atomic E-state index is 13.1. The van der Waals surface area contributed by atoms with Gasteiger partial charge in [-0.25, -0.2) is 14.1 Å². The summed E-state index contributed by atoms with van der Waals surface area (Å²) in [7, 11) is 0. The van der Waals surface area contributed by atoms with E-state index < -0.39 is 0 Å². The van der Waals surface area contributed by atoms with E-state index in [4.69, 9.17) is 0 Å². The van der Waals surface area contributed by atoms with E-state index in [0.717, 1.165) is 5.69 Å². The van der Waals surface area contributed by atoms with E-state index in [-0.39, 0.29) is 30.1 Å². The lowest BCUT2D eigenvalue weighted by atomic mass is 10.2. The average molecular weight is 419 g/mol. The second-order valence-electron chi connectivity index (χ2n) is 7.17. The summed E-state index contributed by atoms with van der Waals surface area (Å²) >= 11 is 0. The Balaban J connectivity index is 1.64. The minimum Gasteiger partial charge on any atom is -0.326 e. The molecular weight excluding hydrogens is 397 g/mol. The maximum absolute atomic E-state index is 13.1. The number of anilines is 1. The number of nitrogens with one attached hydrogen (secondary N) is 1. The first-order valence-electron chi connectivity index (χ1n) is 10.1. The van der Waals surface area contributed by atoms with Crippen molar-refractivity contribution in [3.05, 3.63) is 82.2 Å². The lowest BCUT2D eigenvalue weighted by Gasteiger charge is -2.11. The number of hydrogen-bond acceptors (Lipinski definition) is 4. The van der Waals surface area contributed by atoms with Crippen LogP contribution in [0.3, 0.4) is 0 Å². The molecule has 0 radical (unpaired) electrons. The van der Waals surface area contributed by atoms with Crippen molar-refractivity contribution in [3.63, 3.8) is 0 Å². The Kier molecular flexibility index (Phi) is 5.62. The first kappa shape index (κ1) is 20.5. The molecule has 1 amide bonds. The normalized spacial score (nSPS) is 11.1. The van der Waals surface area contributed by atoms with E-state index in [0.29, 0.717) is 34.8 Å². The number of nitrogens with zero attached hydrogens (tertiary/aromatic N) is 4. The molecule has 0 atom stereocenters. The van der Waals surface area contributed by atoms with Crippen LogP contribution >= 0.6 is 0 Å². The summed E-state index contributed by atoms with van der Waals surface area (Å²) in [5, 5.41) is 7.30. The van der Waals surface area contributed by atoms with Crippen LogP contribution in [0.25, 0.3) is 16.9 Å². The molecule has 2 aromatic heterocycles. The van der Waals surface area contributed by atoms with Crippen molar-refractivity contribution in [2.45, 2.75) is 33.2 Å². The number of para-hydroxylation sites is 1. The molecule has 0 spiro atoms. The minimum absolute atomic E-state index is 0.0840. The molecule has 2 aromatic carbocycles. The largest absolute Gasteiger partial charge is 0.326 e. The van der Waals surface area contributed by atoms with Gasteiger partial charge < -0.3 is 5.32 Å². The highest BCUT2D eigenvalue weighted by atomic mass is 19.1. The van der Waals surface area contributed by atoms with Gasteiger partial charge in [0.2, 0.25) is 5.91 Å². The molecule has 0 fully saturated rings. The molecule has 4 rings (SSSR count). The van der Waals surface area contributed by atoms with Gasteiger partial charge in [-0.2, -0.15) is 5.10 Å². The van der Waals surface area contributed by atoms with Gasteiger partial charge in [0.1, 0.15) is 17.0 Å². The fourth-order valence-corrected chi connectivity index (χ4v) is 3.51. The van der Waals surface area contributed by atoms with Crippen LogP contribution in [-0.2, 0) is 17.8 Å². The van der Waals surface area contributed by atoms with Crippen molar-refractivity contribution < 1.29 is 9.18 Å². The molecule has 1 N–H and O–H groups in total. The number of carbonyl (C=O) groups excluding carboxylic acids is 1. The van der Waals surface area contributed by atoms with E-state index in [9.17, 15) is 14.0 Å². The third-order valence-electron chi connectivity index (χ3n) is 5.03. The van der Waals surface area contributed by atoms with Crippen molar-refractivity contribution in [1.82, 2.24) is 19.3 Å². The van der Waals surface area contributed by atoms with Crippen LogP contribution in [-0.4, -0.2) is 25.2 Å². The molecule has 4 aromatic rings. The van der Waals surface area contributed by atoms with Crippen molar-refractivity contribution in [1.29, 1.82) is 0 Å². The van der Waals surface area contributed by atoms with Gasteiger partial charge in [-0.05, 0) is 50.2 Å². The van der Waals surface area contributed by atoms with Gasteiger partial charge in [0.05, 0.1) is 11.4 Å². The molecule has 2 heterocycles. The van der Waals surface area contributed by atoms with E-state index in [1.807, 2.05) is 44.2 Å². The van der Waals surface area contributed by atoms with E-state index in [1.165, 1.54) is 24.3 Å². The van der Waals surface area contributed by atoms with Gasteiger partial charge >= 0.3 is 0 Å². The van der Waals surface area contributed by atoms with Crippen LogP contribution in [0.4, 0.5) is 10.1 Å². The first-order chi connectivity index (χ1) is 15.0. The number of aromatic nitrogens is 4. The number of amides is 1. The minimum atomic E-state index is -0.373. The van der Waals surface area contributed by atoms with E-state index >= 15 is 0 Å². The fraction of sp³-hybridized carbons (Fsp3) is 0.217. The number of aryl methyl sites for hydroxylation is 3. The number of halogens is 1. The molecule has 31 heavy (non-hydrogen) atoms. The highest BCUT2D eigenvalue weighted by Crippen LogP contribution is 2.20. The average Bonchev–Trinajstić information content (AvgIpc) is 3.10. The van der Waals surface area contributed by atoms with Crippen LogP contribution in [0.2, 0.25) is 0 Å². The lowest BCUT2D eigenvalue weighted by Crippen LogP contribution is -2.27. The summed E-state index contributed by atoms with van der Waals surface area (Å²) in [5.74, 6) is -0.644. The Morgan fingerprint density at radius 2 is 1.81 bits per heavy atom. The van der Waals surface area contributed by atoms with Crippen molar-refractivity contribution in [3.8, 4) is 5.69 Å². The number of fused-ring (bicyclic) bond motifs is 1. The second-order valence-corrected chi connectivity index (χ2v) is 7.17. The van der Waals surface area contributed by atoms with E-state index in [1.54, 1.807) is 9.25 Å². The molecule has 0 saturated heterocycles. The molecular formula is C23H22FN5O2. The van der Waals surface area contributed by atoms with Crippen molar-refractivity contribution in [2.75, 3.05) is 5.32 Å². The highest BCUT2D eigenvalue weighted by molar-refractivity contribution is 5.90. The number of benzene rings is 2. The van der Waals surface area contributed by atoms with Crippen LogP contribution in [0.5, 0.6) is 0 Å². The molecule has 0 saturated carbocycles.